The van der Waals surface area contributed by atoms with Crippen molar-refractivity contribution < 1.29 is 36.3 Å². The van der Waals surface area contributed by atoms with Crippen LogP contribution < -0.4 is 16.0 Å². The molecule has 2 saturated heterocycles. The van der Waals surface area contributed by atoms with Gasteiger partial charge in [0.1, 0.15) is 22.7 Å². The van der Waals surface area contributed by atoms with Gasteiger partial charge in [-0.1, -0.05) is 17.7 Å². The van der Waals surface area contributed by atoms with Crippen LogP contribution in [0.2, 0.25) is 5.02 Å². The minimum absolute atomic E-state index is 0.0453. The van der Waals surface area contributed by atoms with E-state index in [0.29, 0.717) is 0 Å². The predicted octanol–water partition coefficient (Wildman–Crippen LogP) is 2.42. The van der Waals surface area contributed by atoms with Gasteiger partial charge in [0.25, 0.3) is 0 Å². The van der Waals surface area contributed by atoms with Gasteiger partial charge in [-0.2, -0.15) is 13.2 Å². The van der Waals surface area contributed by atoms with Crippen molar-refractivity contribution in [3.05, 3.63) is 34.4 Å². The Labute approximate surface area is 160 Å². The molecule has 3 rings (SSSR count). The maximum Gasteiger partial charge on any atom is 0.414 e. The van der Waals surface area contributed by atoms with Crippen molar-refractivity contribution in [3.8, 4) is 0 Å². The minimum Gasteiger partial charge on any atom is -0.368 e. The number of hydrogen-bond donors (Lipinski definition) is 3. The zero-order valence-electron chi connectivity index (χ0n) is 14.1. The van der Waals surface area contributed by atoms with Gasteiger partial charge in [-0.05, 0) is 12.5 Å². The summed E-state index contributed by atoms with van der Waals surface area (Å²) in [6.45, 7) is -0.449. The first-order chi connectivity index (χ1) is 13.1. The third-order valence-corrected chi connectivity index (χ3v) is 5.00. The summed E-state index contributed by atoms with van der Waals surface area (Å²) in [5, 5.41) is 6.28. The highest BCUT2D eigenvalue weighted by Crippen LogP contribution is 2.40. The Bertz CT molecular complexity index is 792. The van der Waals surface area contributed by atoms with E-state index in [-0.39, 0.29) is 12.1 Å². The number of carbonyl (C=O) groups is 2. The number of amides is 3. The van der Waals surface area contributed by atoms with Crippen LogP contribution in [-0.4, -0.2) is 43.4 Å². The molecule has 3 N–H and O–H groups in total. The fourth-order valence-electron chi connectivity index (χ4n) is 3.21. The molecule has 0 bridgehead atoms. The molecule has 6 nitrogen and oxygen atoms in total. The first-order valence-corrected chi connectivity index (χ1v) is 8.62. The van der Waals surface area contributed by atoms with Crippen molar-refractivity contribution >= 4 is 23.5 Å². The Kier molecular flexibility index (Phi) is 5.67. The molecule has 0 saturated carbocycles. The molecule has 2 aliphatic heterocycles. The number of nitrogens with one attached hydrogen (secondary N) is 3. The second-order valence-corrected chi connectivity index (χ2v) is 6.90. The lowest BCUT2D eigenvalue weighted by Gasteiger charge is -2.26. The van der Waals surface area contributed by atoms with E-state index in [1.807, 2.05) is 0 Å². The molecule has 0 unspecified atom stereocenters. The number of carbonyl (C=O) groups excluding carboxylic acids is 2. The van der Waals surface area contributed by atoms with E-state index in [0.717, 1.165) is 12.1 Å². The van der Waals surface area contributed by atoms with Gasteiger partial charge in [0, 0.05) is 18.0 Å². The lowest BCUT2D eigenvalue weighted by Crippen LogP contribution is -2.46. The number of urea groups is 1. The average molecular weight is 428 g/mol. The highest BCUT2D eigenvalue weighted by Gasteiger charge is 2.48. The van der Waals surface area contributed by atoms with Gasteiger partial charge < -0.3 is 20.7 Å². The molecular formula is C16H15ClF5N3O3. The van der Waals surface area contributed by atoms with E-state index in [9.17, 15) is 31.5 Å². The Hall–Kier alpha value is -2.14. The predicted molar refractivity (Wildman–Crippen MR) is 86.5 cm³/mol. The second kappa shape index (κ2) is 7.70. The lowest BCUT2D eigenvalue weighted by atomic mass is 9.90. The summed E-state index contributed by atoms with van der Waals surface area (Å²) in [5.74, 6) is -3.91. The SMILES string of the molecule is O=C1NC[C@@H](C(=O)N[C@H](c2ccc(F)c(Cl)c2F)[C@@H]2CO[C@@H](C(F)(F)F)C2)N1. The molecule has 1 aromatic carbocycles. The smallest absolute Gasteiger partial charge is 0.368 e. The molecule has 4 atom stereocenters. The molecule has 1 aromatic rings. The maximum atomic E-state index is 14.5. The quantitative estimate of drug-likeness (QED) is 0.510. The second-order valence-electron chi connectivity index (χ2n) is 6.52. The summed E-state index contributed by atoms with van der Waals surface area (Å²) in [6.07, 6.45) is -7.21. The summed E-state index contributed by atoms with van der Waals surface area (Å²) in [7, 11) is 0. The van der Waals surface area contributed by atoms with E-state index >= 15 is 0 Å². The Balaban J connectivity index is 1.88. The van der Waals surface area contributed by atoms with Crippen LogP contribution in [0.5, 0.6) is 0 Å². The van der Waals surface area contributed by atoms with E-state index < -0.39 is 71.9 Å². The molecule has 0 radical (unpaired) electrons. The van der Waals surface area contributed by atoms with E-state index in [4.69, 9.17) is 16.3 Å². The lowest BCUT2D eigenvalue weighted by molar-refractivity contribution is -0.206. The van der Waals surface area contributed by atoms with E-state index in [2.05, 4.69) is 16.0 Å². The van der Waals surface area contributed by atoms with Crippen LogP contribution in [-0.2, 0) is 9.53 Å². The molecule has 2 aliphatic rings. The fourth-order valence-corrected chi connectivity index (χ4v) is 3.38. The summed E-state index contributed by atoms with van der Waals surface area (Å²) in [5.41, 5.74) is -0.270. The molecule has 3 amide bonds. The highest BCUT2D eigenvalue weighted by molar-refractivity contribution is 6.31. The zero-order chi connectivity index (χ0) is 20.6. The van der Waals surface area contributed by atoms with Crippen LogP contribution in [0, 0.1) is 17.6 Å². The van der Waals surface area contributed by atoms with Crippen LogP contribution in [0.15, 0.2) is 12.1 Å². The number of rotatable bonds is 4. The molecule has 28 heavy (non-hydrogen) atoms. The molecular weight excluding hydrogens is 413 g/mol. The summed E-state index contributed by atoms with van der Waals surface area (Å²) in [6, 6.07) is -0.983. The average Bonchev–Trinajstić information content (AvgIpc) is 3.27. The largest absolute Gasteiger partial charge is 0.414 e. The number of halogens is 6. The van der Waals surface area contributed by atoms with Crippen LogP contribution in [0.25, 0.3) is 0 Å². The third kappa shape index (κ3) is 4.14. The Morgan fingerprint density at radius 3 is 2.61 bits per heavy atom. The van der Waals surface area contributed by atoms with Gasteiger partial charge in [-0.3, -0.25) is 4.79 Å². The van der Waals surface area contributed by atoms with Gasteiger partial charge >= 0.3 is 12.2 Å². The van der Waals surface area contributed by atoms with Gasteiger partial charge in [0.15, 0.2) is 6.10 Å². The van der Waals surface area contributed by atoms with E-state index in [1.165, 1.54) is 0 Å². The standard InChI is InChI=1S/C16H15ClF5N3O3/c17-11-8(18)2-1-7(12(11)19)13(6-3-10(28-5-6)16(20,21)22)25-14(26)9-4-23-15(27)24-9/h1-2,6,9-10,13H,3-5H2,(H,25,26)(H2,23,24,27)/t6-,9-,10+,13-/m0/s1. The molecule has 154 valence electrons. The van der Waals surface area contributed by atoms with Crippen molar-refractivity contribution in [1.82, 2.24) is 16.0 Å². The van der Waals surface area contributed by atoms with Crippen molar-refractivity contribution in [2.24, 2.45) is 5.92 Å². The molecule has 0 aliphatic carbocycles. The van der Waals surface area contributed by atoms with Gasteiger partial charge in [0.05, 0.1) is 12.6 Å². The third-order valence-electron chi connectivity index (χ3n) is 4.65. The molecule has 2 fully saturated rings. The molecule has 12 heteroatoms. The Morgan fingerprint density at radius 2 is 2.04 bits per heavy atom. The normalized spacial score (nSPS) is 25.9. The number of hydrogen-bond acceptors (Lipinski definition) is 3. The maximum absolute atomic E-state index is 14.5. The van der Waals surface area contributed by atoms with Crippen molar-refractivity contribution in [3.63, 3.8) is 0 Å². The van der Waals surface area contributed by atoms with Crippen molar-refractivity contribution in [2.45, 2.75) is 30.8 Å². The zero-order valence-corrected chi connectivity index (χ0v) is 14.8. The van der Waals surface area contributed by atoms with Crippen LogP contribution in [0.4, 0.5) is 26.7 Å². The van der Waals surface area contributed by atoms with Crippen LogP contribution >= 0.6 is 11.6 Å². The summed E-state index contributed by atoms with van der Waals surface area (Å²) >= 11 is 5.58. The monoisotopic (exact) mass is 427 g/mol. The fraction of sp³-hybridized carbons (Fsp3) is 0.500. The first kappa shape index (κ1) is 20.6. The molecule has 2 heterocycles. The van der Waals surface area contributed by atoms with Crippen molar-refractivity contribution in [2.75, 3.05) is 13.2 Å². The highest BCUT2D eigenvalue weighted by atomic mass is 35.5. The first-order valence-electron chi connectivity index (χ1n) is 8.24. The number of alkyl halides is 3. The van der Waals surface area contributed by atoms with Gasteiger partial charge in [0.2, 0.25) is 5.91 Å². The van der Waals surface area contributed by atoms with Crippen LogP contribution in [0.3, 0.4) is 0 Å². The molecule has 0 spiro atoms. The number of benzene rings is 1. The van der Waals surface area contributed by atoms with Gasteiger partial charge in [-0.15, -0.1) is 0 Å². The van der Waals surface area contributed by atoms with Gasteiger partial charge in [-0.25, -0.2) is 13.6 Å². The van der Waals surface area contributed by atoms with E-state index in [1.54, 1.807) is 0 Å². The van der Waals surface area contributed by atoms with Crippen LogP contribution in [0.1, 0.15) is 18.0 Å². The molecule has 0 aromatic heterocycles. The number of ether oxygens (including phenoxy) is 1. The Morgan fingerprint density at radius 1 is 1.32 bits per heavy atom. The summed E-state index contributed by atoms with van der Waals surface area (Å²) in [4.78, 5) is 23.6. The van der Waals surface area contributed by atoms with Crippen molar-refractivity contribution in [1.29, 1.82) is 0 Å². The summed E-state index contributed by atoms with van der Waals surface area (Å²) < 4.78 is 71.6. The topological polar surface area (TPSA) is 79.5 Å². The minimum atomic E-state index is -4.62.